The summed E-state index contributed by atoms with van der Waals surface area (Å²) in [5, 5.41) is 21.4. The van der Waals surface area contributed by atoms with E-state index < -0.39 is 28.4 Å². The standard InChI is InChI=1S/C19H16N2O5/c1-11-6-8-14(9-7-11)20-17(16(12(2)22)18(23)19(20)24)13-4-3-5-15(10-13)21(25)26/h3-10,17,23H,1-2H3. The van der Waals surface area contributed by atoms with Gasteiger partial charge in [0.2, 0.25) is 0 Å². The molecule has 1 aliphatic heterocycles. The van der Waals surface area contributed by atoms with Gasteiger partial charge < -0.3 is 5.11 Å². The summed E-state index contributed by atoms with van der Waals surface area (Å²) in [6.45, 7) is 3.15. The lowest BCUT2D eigenvalue weighted by Crippen LogP contribution is -2.30. The van der Waals surface area contributed by atoms with Crippen molar-refractivity contribution in [3.63, 3.8) is 0 Å². The van der Waals surface area contributed by atoms with Gasteiger partial charge in [0.05, 0.1) is 16.5 Å². The van der Waals surface area contributed by atoms with Crippen LogP contribution in [0.15, 0.2) is 59.9 Å². The molecule has 0 spiro atoms. The lowest BCUT2D eigenvalue weighted by atomic mass is 9.96. The number of anilines is 1. The van der Waals surface area contributed by atoms with Crippen LogP contribution in [-0.4, -0.2) is 21.7 Å². The van der Waals surface area contributed by atoms with E-state index in [4.69, 9.17) is 0 Å². The monoisotopic (exact) mass is 352 g/mol. The molecule has 1 amide bonds. The first-order chi connectivity index (χ1) is 12.3. The summed E-state index contributed by atoms with van der Waals surface area (Å²) in [5.41, 5.74) is 1.61. The molecule has 0 saturated carbocycles. The first-order valence-electron chi connectivity index (χ1n) is 7.90. The van der Waals surface area contributed by atoms with E-state index in [1.807, 2.05) is 6.92 Å². The SMILES string of the molecule is CC(=O)C1=C(O)C(=O)N(c2ccc(C)cc2)C1c1cccc([N+](=O)[O-])c1. The third kappa shape index (κ3) is 2.83. The predicted octanol–water partition coefficient (Wildman–Crippen LogP) is 3.39. The Balaban J connectivity index is 2.19. The molecule has 7 heteroatoms. The van der Waals surface area contributed by atoms with Gasteiger partial charge in [-0.2, -0.15) is 0 Å². The fraction of sp³-hybridized carbons (Fsp3) is 0.158. The Labute approximate surface area is 149 Å². The maximum absolute atomic E-state index is 12.6. The Morgan fingerprint density at radius 3 is 2.42 bits per heavy atom. The molecule has 1 atom stereocenters. The van der Waals surface area contributed by atoms with Gasteiger partial charge in [0.15, 0.2) is 11.5 Å². The van der Waals surface area contributed by atoms with Crippen molar-refractivity contribution in [3.8, 4) is 0 Å². The van der Waals surface area contributed by atoms with Crippen molar-refractivity contribution in [2.45, 2.75) is 19.9 Å². The summed E-state index contributed by atoms with van der Waals surface area (Å²) in [5.74, 6) is -1.81. The number of aliphatic hydroxyl groups excluding tert-OH is 1. The minimum Gasteiger partial charge on any atom is -0.503 e. The van der Waals surface area contributed by atoms with Crippen molar-refractivity contribution in [2.24, 2.45) is 0 Å². The van der Waals surface area contributed by atoms with Crippen LogP contribution >= 0.6 is 0 Å². The lowest BCUT2D eigenvalue weighted by molar-refractivity contribution is -0.384. The summed E-state index contributed by atoms with van der Waals surface area (Å²) in [4.78, 5) is 36.6. The molecule has 0 saturated heterocycles. The summed E-state index contributed by atoms with van der Waals surface area (Å²) < 4.78 is 0. The summed E-state index contributed by atoms with van der Waals surface area (Å²) in [6.07, 6.45) is 0. The van der Waals surface area contributed by atoms with Crippen molar-refractivity contribution in [3.05, 3.63) is 81.1 Å². The molecule has 26 heavy (non-hydrogen) atoms. The zero-order valence-corrected chi connectivity index (χ0v) is 14.2. The minimum absolute atomic E-state index is 0.0731. The molecular weight excluding hydrogens is 336 g/mol. The number of nitro groups is 1. The van der Waals surface area contributed by atoms with Gasteiger partial charge in [-0.15, -0.1) is 0 Å². The Bertz CT molecular complexity index is 947. The van der Waals surface area contributed by atoms with Gasteiger partial charge in [-0.25, -0.2) is 0 Å². The Kier molecular flexibility index (Phi) is 4.29. The van der Waals surface area contributed by atoms with Crippen LogP contribution in [-0.2, 0) is 9.59 Å². The Morgan fingerprint density at radius 2 is 1.85 bits per heavy atom. The van der Waals surface area contributed by atoms with Crippen LogP contribution in [0.4, 0.5) is 11.4 Å². The van der Waals surface area contributed by atoms with Crippen LogP contribution in [0.2, 0.25) is 0 Å². The number of rotatable bonds is 4. The second-order valence-electron chi connectivity index (χ2n) is 6.08. The van der Waals surface area contributed by atoms with E-state index in [0.29, 0.717) is 11.3 Å². The molecule has 0 fully saturated rings. The van der Waals surface area contributed by atoms with Crippen LogP contribution in [0.1, 0.15) is 24.1 Å². The van der Waals surface area contributed by atoms with Gasteiger partial charge in [-0.1, -0.05) is 29.8 Å². The molecule has 1 aliphatic rings. The summed E-state index contributed by atoms with van der Waals surface area (Å²) in [6, 6.07) is 11.8. The highest BCUT2D eigenvalue weighted by molar-refractivity contribution is 6.16. The van der Waals surface area contributed by atoms with Crippen LogP contribution < -0.4 is 4.90 Å². The number of aryl methyl sites for hydroxylation is 1. The van der Waals surface area contributed by atoms with Crippen molar-refractivity contribution in [2.75, 3.05) is 4.90 Å². The second kappa shape index (κ2) is 6.44. The number of non-ortho nitro benzene ring substituents is 1. The molecule has 1 unspecified atom stereocenters. The van der Waals surface area contributed by atoms with E-state index in [1.165, 1.54) is 30.0 Å². The van der Waals surface area contributed by atoms with Crippen molar-refractivity contribution >= 4 is 23.1 Å². The number of nitro benzene ring substituents is 1. The number of Topliss-reactive ketones (excluding diaryl/α,β-unsaturated/α-hetero) is 1. The van der Waals surface area contributed by atoms with Crippen LogP contribution in [0.3, 0.4) is 0 Å². The number of ketones is 1. The molecule has 0 aliphatic carbocycles. The van der Waals surface area contributed by atoms with Crippen LogP contribution in [0.25, 0.3) is 0 Å². The number of aliphatic hydroxyl groups is 1. The molecular formula is C19H16N2O5. The van der Waals surface area contributed by atoms with E-state index in [-0.39, 0.29) is 11.3 Å². The molecule has 2 aromatic rings. The Morgan fingerprint density at radius 1 is 1.19 bits per heavy atom. The highest BCUT2D eigenvalue weighted by atomic mass is 16.6. The van der Waals surface area contributed by atoms with E-state index in [1.54, 1.807) is 30.3 Å². The molecule has 132 valence electrons. The lowest BCUT2D eigenvalue weighted by Gasteiger charge is -2.26. The number of carbonyl (C=O) groups is 2. The largest absolute Gasteiger partial charge is 0.503 e. The van der Waals surface area contributed by atoms with Gasteiger partial charge in [-0.3, -0.25) is 24.6 Å². The topological polar surface area (TPSA) is 101 Å². The molecule has 0 aromatic heterocycles. The highest BCUT2D eigenvalue weighted by Gasteiger charge is 2.43. The molecule has 7 nitrogen and oxygen atoms in total. The maximum atomic E-state index is 12.6. The number of amides is 1. The normalized spacial score (nSPS) is 16.9. The smallest absolute Gasteiger partial charge is 0.294 e. The van der Waals surface area contributed by atoms with Gasteiger partial charge >= 0.3 is 0 Å². The van der Waals surface area contributed by atoms with E-state index in [0.717, 1.165) is 5.56 Å². The van der Waals surface area contributed by atoms with Crippen LogP contribution in [0, 0.1) is 17.0 Å². The fourth-order valence-corrected chi connectivity index (χ4v) is 3.06. The van der Waals surface area contributed by atoms with E-state index in [9.17, 15) is 24.8 Å². The molecule has 1 heterocycles. The van der Waals surface area contributed by atoms with E-state index in [2.05, 4.69) is 0 Å². The average Bonchev–Trinajstić information content (AvgIpc) is 2.87. The number of nitrogens with zero attached hydrogens (tertiary/aromatic N) is 2. The fourth-order valence-electron chi connectivity index (χ4n) is 3.06. The molecule has 2 aromatic carbocycles. The quantitative estimate of drug-likeness (QED) is 0.671. The molecule has 1 N–H and O–H groups in total. The maximum Gasteiger partial charge on any atom is 0.294 e. The summed E-state index contributed by atoms with van der Waals surface area (Å²) >= 11 is 0. The van der Waals surface area contributed by atoms with Crippen molar-refractivity contribution in [1.29, 1.82) is 0 Å². The van der Waals surface area contributed by atoms with Crippen molar-refractivity contribution in [1.82, 2.24) is 0 Å². The summed E-state index contributed by atoms with van der Waals surface area (Å²) in [7, 11) is 0. The van der Waals surface area contributed by atoms with Gasteiger partial charge in [0.1, 0.15) is 0 Å². The zero-order valence-electron chi connectivity index (χ0n) is 14.2. The van der Waals surface area contributed by atoms with Gasteiger partial charge in [-0.05, 0) is 31.5 Å². The zero-order chi connectivity index (χ0) is 19.0. The van der Waals surface area contributed by atoms with E-state index >= 15 is 0 Å². The first kappa shape index (κ1) is 17.3. The average molecular weight is 352 g/mol. The van der Waals surface area contributed by atoms with Gasteiger partial charge in [0, 0.05) is 17.8 Å². The highest BCUT2D eigenvalue weighted by Crippen LogP contribution is 2.41. The molecule has 0 bridgehead atoms. The predicted molar refractivity (Wildman–Crippen MR) is 94.8 cm³/mol. The minimum atomic E-state index is -0.928. The van der Waals surface area contributed by atoms with Crippen molar-refractivity contribution < 1.29 is 19.6 Å². The Hall–Kier alpha value is -3.48. The third-order valence-electron chi connectivity index (χ3n) is 4.30. The first-order valence-corrected chi connectivity index (χ1v) is 7.90. The second-order valence-corrected chi connectivity index (χ2v) is 6.08. The van der Waals surface area contributed by atoms with Gasteiger partial charge in [0.25, 0.3) is 11.6 Å². The number of hydrogen-bond donors (Lipinski definition) is 1. The number of hydrogen-bond acceptors (Lipinski definition) is 5. The third-order valence-corrected chi connectivity index (χ3v) is 4.30. The number of benzene rings is 2. The van der Waals surface area contributed by atoms with Crippen LogP contribution in [0.5, 0.6) is 0 Å². The molecule has 3 rings (SSSR count). The number of carbonyl (C=O) groups excluding carboxylic acids is 2. The molecule has 0 radical (unpaired) electrons.